The van der Waals surface area contributed by atoms with E-state index in [0.29, 0.717) is 0 Å². The van der Waals surface area contributed by atoms with Crippen LogP contribution in [0.2, 0.25) is 0 Å². The molecule has 0 spiro atoms. The SMILES string of the molecule is O=S(=O)([O-])C(F)(F)F.O=S(=O)([O-])C(F)(F)F.O=S(=O)([O-])C(F)(F)F.O=S(=O)([O-])C(F)(F)F.O=S(=O)([O-])C(F)(F)F.O=S(=O)([O-])C(F)(F)F.[W]. The third kappa shape index (κ3) is 33.8. The molecule has 0 fully saturated rings. The number of rotatable bonds is 0. The van der Waals surface area contributed by atoms with Gasteiger partial charge >= 0.3 is 33.0 Å². The van der Waals surface area contributed by atoms with E-state index in [1.165, 1.54) is 0 Å². The van der Waals surface area contributed by atoms with Gasteiger partial charge in [-0.15, -0.1) is 0 Å². The van der Waals surface area contributed by atoms with E-state index in [4.69, 9.17) is 77.8 Å². The Balaban J connectivity index is -0.0000000860. The van der Waals surface area contributed by atoms with Gasteiger partial charge in [-0.1, -0.05) is 0 Å². The summed E-state index contributed by atoms with van der Waals surface area (Å²) in [7, 11) is -36.5. The predicted molar refractivity (Wildman–Crippen MR) is 94.5 cm³/mol. The molecule has 43 heteroatoms. The topological polar surface area (TPSA) is 343 Å². The Morgan fingerprint density at radius 1 is 0.224 bits per heavy atom. The van der Waals surface area contributed by atoms with Crippen molar-refractivity contribution in [3.63, 3.8) is 0 Å². The predicted octanol–water partition coefficient (Wildman–Crippen LogP) is 0.306. The number of hydrogen-bond acceptors (Lipinski definition) is 18. The van der Waals surface area contributed by atoms with Crippen LogP contribution in [0, 0.1) is 0 Å². The summed E-state index contributed by atoms with van der Waals surface area (Å²) in [5.74, 6) is 0. The van der Waals surface area contributed by atoms with Crippen molar-refractivity contribution < 1.29 is 178 Å². The average molecular weight is 1080 g/mol. The van der Waals surface area contributed by atoms with Crippen LogP contribution in [0.1, 0.15) is 0 Å². The van der Waals surface area contributed by atoms with Crippen molar-refractivity contribution in [2.45, 2.75) is 33.0 Å². The van der Waals surface area contributed by atoms with Gasteiger partial charge in [-0.3, -0.25) is 0 Å². The van der Waals surface area contributed by atoms with Crippen molar-refractivity contribution >= 4 is 60.7 Å². The van der Waals surface area contributed by atoms with Crippen LogP contribution >= 0.6 is 0 Å². The molecule has 0 aromatic carbocycles. The Hall–Kier alpha value is -1.11. The van der Waals surface area contributed by atoms with E-state index < -0.39 is 93.8 Å². The molecular formula is C6F18O18S6W-6. The second kappa shape index (κ2) is 19.6. The van der Waals surface area contributed by atoms with Crippen molar-refractivity contribution in [1.82, 2.24) is 0 Å². The van der Waals surface area contributed by atoms with Crippen molar-refractivity contribution in [2.24, 2.45) is 0 Å². The first-order chi connectivity index (χ1) is 19.5. The fourth-order valence-corrected chi connectivity index (χ4v) is 0. The normalized spacial score (nSPS) is 13.7. The first-order valence-corrected chi connectivity index (χ1v) is 16.1. The Kier molecular flexibility index (Phi) is 25.3. The van der Waals surface area contributed by atoms with Gasteiger partial charge in [0.25, 0.3) is 0 Å². The molecule has 0 aliphatic rings. The van der Waals surface area contributed by atoms with E-state index in [2.05, 4.69) is 0 Å². The zero-order valence-corrected chi connectivity index (χ0v) is 27.8. The van der Waals surface area contributed by atoms with E-state index in [9.17, 15) is 79.0 Å². The number of hydrogen-bond donors (Lipinski definition) is 0. The van der Waals surface area contributed by atoms with Crippen LogP contribution in [0.25, 0.3) is 0 Å². The van der Waals surface area contributed by atoms with Gasteiger partial charge in [-0.25, -0.2) is 50.5 Å². The second-order valence-electron chi connectivity index (χ2n) is 5.40. The van der Waals surface area contributed by atoms with Gasteiger partial charge in [0.2, 0.25) is 0 Å². The van der Waals surface area contributed by atoms with Crippen LogP contribution in [0.4, 0.5) is 79.0 Å². The van der Waals surface area contributed by atoms with E-state index in [-0.39, 0.29) is 21.1 Å². The summed E-state index contributed by atoms with van der Waals surface area (Å²) in [5.41, 5.74) is -33.9. The minimum atomic E-state index is -6.09. The summed E-state index contributed by atoms with van der Waals surface area (Å²) in [6.07, 6.45) is 0. The molecule has 0 rings (SSSR count). The molecular weight excluding hydrogens is 1080 g/mol. The molecule has 0 aromatic rings. The van der Waals surface area contributed by atoms with Crippen molar-refractivity contribution in [3.8, 4) is 0 Å². The Labute approximate surface area is 271 Å². The van der Waals surface area contributed by atoms with Crippen LogP contribution in [0.3, 0.4) is 0 Å². The molecule has 0 atom stereocenters. The van der Waals surface area contributed by atoms with Gasteiger partial charge < -0.3 is 27.3 Å². The van der Waals surface area contributed by atoms with E-state index >= 15 is 0 Å². The van der Waals surface area contributed by atoms with E-state index in [1.54, 1.807) is 0 Å². The molecule has 0 heterocycles. The van der Waals surface area contributed by atoms with Gasteiger partial charge in [0.05, 0.1) is 0 Å². The van der Waals surface area contributed by atoms with Crippen LogP contribution in [-0.4, -0.2) is 111 Å². The molecule has 0 aliphatic heterocycles. The molecule has 0 saturated carbocycles. The zero-order chi connectivity index (χ0) is 42.0. The molecule has 49 heavy (non-hydrogen) atoms. The summed E-state index contributed by atoms with van der Waals surface area (Å²) < 4.78 is 353. The molecule has 0 N–H and O–H groups in total. The molecule has 0 aliphatic carbocycles. The van der Waals surface area contributed by atoms with Crippen LogP contribution in [0.5, 0.6) is 0 Å². The van der Waals surface area contributed by atoms with Gasteiger partial charge in [0, 0.05) is 21.1 Å². The molecule has 0 amide bonds. The molecule has 0 radical (unpaired) electrons. The fraction of sp³-hybridized carbons (Fsp3) is 1.00. The van der Waals surface area contributed by atoms with E-state index in [0.717, 1.165) is 0 Å². The van der Waals surface area contributed by atoms with Gasteiger partial charge in [0.15, 0.2) is 60.7 Å². The molecule has 18 nitrogen and oxygen atoms in total. The summed E-state index contributed by atoms with van der Waals surface area (Å²) in [6.45, 7) is 0. The van der Waals surface area contributed by atoms with Crippen LogP contribution in [0.15, 0.2) is 0 Å². The number of halogens is 18. The van der Waals surface area contributed by atoms with Crippen LogP contribution in [-0.2, 0) is 81.8 Å². The molecule has 0 aromatic heterocycles. The Morgan fingerprint density at radius 3 is 0.245 bits per heavy atom. The summed E-state index contributed by atoms with van der Waals surface area (Å²) in [6, 6.07) is 0. The summed E-state index contributed by atoms with van der Waals surface area (Å²) in [4.78, 5) is 0. The number of alkyl halides is 18. The first kappa shape index (κ1) is 63.0. The van der Waals surface area contributed by atoms with Gasteiger partial charge in [-0.2, -0.15) is 79.0 Å². The van der Waals surface area contributed by atoms with Crippen LogP contribution < -0.4 is 0 Å². The molecule has 0 unspecified atom stereocenters. The maximum atomic E-state index is 10.7. The molecule has 0 saturated heterocycles. The summed E-state index contributed by atoms with van der Waals surface area (Å²) >= 11 is 0. The minimum absolute atomic E-state index is 0. The zero-order valence-electron chi connectivity index (χ0n) is 20.0. The van der Waals surface area contributed by atoms with Crippen molar-refractivity contribution in [2.75, 3.05) is 0 Å². The maximum absolute atomic E-state index is 10.7. The smallest absolute Gasteiger partial charge is 0.485 e. The second-order valence-corrected chi connectivity index (χ2v) is 13.6. The monoisotopic (exact) mass is 1080 g/mol. The maximum Gasteiger partial charge on any atom is 0.485 e. The summed E-state index contributed by atoms with van der Waals surface area (Å²) in [5, 5.41) is 0. The quantitative estimate of drug-likeness (QED) is 0.179. The third-order valence-electron chi connectivity index (χ3n) is 1.70. The standard InChI is InChI=1S/6CHF3O3S.W/c6*2-1(3,4)8(5,6)7;/h6*(H,5,6,7);/p-6. The largest absolute Gasteiger partial charge is 0.741 e. The molecule has 306 valence electrons. The van der Waals surface area contributed by atoms with Gasteiger partial charge in [-0.05, 0) is 0 Å². The Bertz CT molecular complexity index is 1310. The average Bonchev–Trinajstić information content (AvgIpc) is 2.60. The molecule has 0 bridgehead atoms. The third-order valence-corrected chi connectivity index (χ3v) is 5.10. The fourth-order valence-electron chi connectivity index (χ4n) is 0. The van der Waals surface area contributed by atoms with Crippen molar-refractivity contribution in [1.29, 1.82) is 0 Å². The van der Waals surface area contributed by atoms with Crippen molar-refractivity contribution in [3.05, 3.63) is 0 Å². The minimum Gasteiger partial charge on any atom is -0.741 e. The van der Waals surface area contributed by atoms with Gasteiger partial charge in [0.1, 0.15) is 0 Å². The Morgan fingerprint density at radius 2 is 0.245 bits per heavy atom. The first-order valence-electron chi connectivity index (χ1n) is 7.63. The van der Waals surface area contributed by atoms with E-state index in [1.807, 2.05) is 0 Å².